The number of nitrogens with zero attached hydrogens (tertiary/aromatic N) is 2. The Bertz CT molecular complexity index is 1250. The number of benzene rings is 3. The number of anilines is 1. The molecule has 2 bridgehead atoms. The lowest BCUT2D eigenvalue weighted by atomic mass is 9.51. The molecule has 3 aromatic rings. The van der Waals surface area contributed by atoms with Gasteiger partial charge in [0.2, 0.25) is 11.8 Å². The third kappa shape index (κ3) is 2.27. The first-order valence-electron chi connectivity index (χ1n) is 10.3. The van der Waals surface area contributed by atoms with Gasteiger partial charge in [-0.1, -0.05) is 54.6 Å². The van der Waals surface area contributed by atoms with Gasteiger partial charge >= 0.3 is 0 Å². The van der Waals surface area contributed by atoms with E-state index in [9.17, 15) is 19.7 Å². The fraction of sp³-hybridized carbons (Fsp3) is 0.200. The molecule has 1 spiro atoms. The molecule has 0 aromatic heterocycles. The molecule has 1 saturated heterocycles. The van der Waals surface area contributed by atoms with Crippen LogP contribution in [0.15, 0.2) is 72.8 Å². The van der Waals surface area contributed by atoms with Gasteiger partial charge in [-0.3, -0.25) is 19.7 Å². The van der Waals surface area contributed by atoms with E-state index in [2.05, 4.69) is 24.3 Å². The molecule has 3 aromatic carbocycles. The number of rotatable bonds is 2. The maximum Gasteiger partial charge on any atom is 0.271 e. The normalized spacial score (nSPS) is 25.6. The highest BCUT2D eigenvalue weighted by atomic mass is 16.6. The summed E-state index contributed by atoms with van der Waals surface area (Å²) in [6.45, 7) is 0. The van der Waals surface area contributed by atoms with Gasteiger partial charge in [-0.05, 0) is 34.7 Å². The summed E-state index contributed by atoms with van der Waals surface area (Å²) in [6, 6.07) is 22.1. The molecule has 152 valence electrons. The minimum atomic E-state index is -0.866. The number of carbonyl (C=O) groups excluding carboxylic acids is 2. The van der Waals surface area contributed by atoms with Gasteiger partial charge in [-0.2, -0.15) is 0 Å². The van der Waals surface area contributed by atoms with E-state index in [1.165, 1.54) is 34.2 Å². The second kappa shape index (κ2) is 6.11. The Morgan fingerprint density at radius 3 is 2.10 bits per heavy atom. The van der Waals surface area contributed by atoms with Crippen LogP contribution in [0.5, 0.6) is 0 Å². The molecular formula is C25H18N2O4. The van der Waals surface area contributed by atoms with E-state index in [4.69, 9.17) is 0 Å². The SMILES string of the molecule is O=C1CC2(CC3c4ccccc4C2c2ccccc23)C(=O)N1c1cccc([N+](=O)[O-])c1. The zero-order valence-corrected chi connectivity index (χ0v) is 16.5. The van der Waals surface area contributed by atoms with Crippen LogP contribution in [0.2, 0.25) is 0 Å². The van der Waals surface area contributed by atoms with E-state index in [0.717, 1.165) is 11.1 Å². The van der Waals surface area contributed by atoms with E-state index >= 15 is 0 Å². The summed E-state index contributed by atoms with van der Waals surface area (Å²) in [5.74, 6) is -0.700. The van der Waals surface area contributed by atoms with E-state index in [1.807, 2.05) is 24.3 Å². The van der Waals surface area contributed by atoms with Gasteiger partial charge in [0.05, 0.1) is 16.0 Å². The lowest BCUT2D eigenvalue weighted by Crippen LogP contribution is -2.47. The summed E-state index contributed by atoms with van der Waals surface area (Å²) in [4.78, 5) is 39.0. The van der Waals surface area contributed by atoms with Crippen molar-refractivity contribution in [2.24, 2.45) is 5.41 Å². The van der Waals surface area contributed by atoms with Gasteiger partial charge in [0, 0.05) is 30.4 Å². The van der Waals surface area contributed by atoms with E-state index in [0.29, 0.717) is 6.42 Å². The highest BCUT2D eigenvalue weighted by molar-refractivity contribution is 6.23. The van der Waals surface area contributed by atoms with Crippen LogP contribution in [0.4, 0.5) is 11.4 Å². The summed E-state index contributed by atoms with van der Waals surface area (Å²) in [6.07, 6.45) is 0.681. The van der Waals surface area contributed by atoms with Crippen molar-refractivity contribution in [3.63, 3.8) is 0 Å². The molecule has 0 N–H and O–H groups in total. The van der Waals surface area contributed by atoms with Gasteiger partial charge in [-0.15, -0.1) is 0 Å². The zero-order chi connectivity index (χ0) is 21.3. The average molecular weight is 410 g/mol. The minimum absolute atomic E-state index is 0.0548. The van der Waals surface area contributed by atoms with Crippen molar-refractivity contribution in [1.29, 1.82) is 0 Å². The molecule has 1 atom stereocenters. The molecule has 1 unspecified atom stereocenters. The lowest BCUT2D eigenvalue weighted by molar-refractivity contribution is -0.384. The number of hydrogen-bond acceptors (Lipinski definition) is 4. The van der Waals surface area contributed by atoms with Crippen molar-refractivity contribution in [3.05, 3.63) is 105 Å². The topological polar surface area (TPSA) is 80.5 Å². The molecule has 7 rings (SSSR count). The molecule has 6 nitrogen and oxygen atoms in total. The smallest absolute Gasteiger partial charge is 0.271 e. The van der Waals surface area contributed by atoms with Gasteiger partial charge in [0.1, 0.15) is 0 Å². The summed E-state index contributed by atoms with van der Waals surface area (Å²) in [5, 5.41) is 11.2. The van der Waals surface area contributed by atoms with Gasteiger partial charge in [0.25, 0.3) is 5.69 Å². The molecule has 31 heavy (non-hydrogen) atoms. The number of hydrogen-bond donors (Lipinski definition) is 0. The van der Waals surface area contributed by atoms with Crippen LogP contribution in [0.1, 0.15) is 46.9 Å². The summed E-state index contributed by atoms with van der Waals surface area (Å²) >= 11 is 0. The van der Waals surface area contributed by atoms with Crippen LogP contribution in [-0.4, -0.2) is 16.7 Å². The first-order valence-corrected chi connectivity index (χ1v) is 10.3. The Morgan fingerprint density at radius 1 is 0.871 bits per heavy atom. The van der Waals surface area contributed by atoms with Crippen molar-refractivity contribution in [3.8, 4) is 0 Å². The average Bonchev–Trinajstić information content (AvgIpc) is 3.03. The number of non-ortho nitro benzene ring substituents is 1. The van der Waals surface area contributed by atoms with E-state index in [-0.39, 0.29) is 41.4 Å². The van der Waals surface area contributed by atoms with Crippen LogP contribution >= 0.6 is 0 Å². The predicted molar refractivity (Wildman–Crippen MR) is 114 cm³/mol. The third-order valence-corrected chi connectivity index (χ3v) is 7.13. The Kier molecular flexibility index (Phi) is 3.55. The molecule has 0 radical (unpaired) electrons. The van der Waals surface area contributed by atoms with Crippen molar-refractivity contribution in [2.75, 3.05) is 4.90 Å². The van der Waals surface area contributed by atoms with Crippen LogP contribution in [-0.2, 0) is 9.59 Å². The molecular weight excluding hydrogens is 392 g/mol. The first kappa shape index (κ1) is 18.0. The summed E-state index contributed by atoms with van der Waals surface area (Å²) in [7, 11) is 0. The highest BCUT2D eigenvalue weighted by Crippen LogP contribution is 2.64. The Balaban J connectivity index is 1.52. The number of carbonyl (C=O) groups is 2. The molecule has 3 aliphatic carbocycles. The molecule has 1 heterocycles. The molecule has 6 heteroatoms. The Morgan fingerprint density at radius 2 is 1.48 bits per heavy atom. The monoisotopic (exact) mass is 410 g/mol. The van der Waals surface area contributed by atoms with Gasteiger partial charge in [-0.25, -0.2) is 4.90 Å². The Hall–Kier alpha value is -3.80. The standard InChI is InChI=1S/C25H18N2O4/c28-22-14-25(24(29)26(22)15-6-5-7-16(12-15)27(30)31)13-21-17-8-1-3-10-19(17)23(25)20-11-4-2-9-18(20)21/h1-12,21,23H,13-14H2. The summed E-state index contributed by atoms with van der Waals surface area (Å²) < 4.78 is 0. The van der Waals surface area contributed by atoms with Gasteiger partial charge in [0.15, 0.2) is 0 Å². The van der Waals surface area contributed by atoms with Crippen LogP contribution in [0.25, 0.3) is 0 Å². The fourth-order valence-corrected chi connectivity index (χ4v) is 5.97. The van der Waals surface area contributed by atoms with Crippen LogP contribution < -0.4 is 4.90 Å². The maximum atomic E-state index is 13.9. The van der Waals surface area contributed by atoms with E-state index < -0.39 is 10.3 Å². The number of imide groups is 1. The summed E-state index contributed by atoms with van der Waals surface area (Å²) in [5.41, 5.74) is 3.94. The fourth-order valence-electron chi connectivity index (χ4n) is 5.97. The van der Waals surface area contributed by atoms with Crippen LogP contribution in [0.3, 0.4) is 0 Å². The number of nitro groups is 1. The van der Waals surface area contributed by atoms with E-state index in [1.54, 1.807) is 6.07 Å². The predicted octanol–water partition coefficient (Wildman–Crippen LogP) is 4.53. The van der Waals surface area contributed by atoms with Crippen molar-refractivity contribution in [1.82, 2.24) is 0 Å². The molecule has 0 saturated carbocycles. The lowest BCUT2D eigenvalue weighted by Gasteiger charge is -2.50. The highest BCUT2D eigenvalue weighted by Gasteiger charge is 2.63. The second-order valence-corrected chi connectivity index (χ2v) is 8.59. The largest absolute Gasteiger partial charge is 0.274 e. The van der Waals surface area contributed by atoms with Crippen LogP contribution in [0, 0.1) is 15.5 Å². The molecule has 4 aliphatic rings. The second-order valence-electron chi connectivity index (χ2n) is 8.59. The minimum Gasteiger partial charge on any atom is -0.274 e. The maximum absolute atomic E-state index is 13.9. The first-order chi connectivity index (χ1) is 15.0. The zero-order valence-electron chi connectivity index (χ0n) is 16.5. The number of amides is 2. The molecule has 1 aliphatic heterocycles. The van der Waals surface area contributed by atoms with Crippen molar-refractivity contribution < 1.29 is 14.5 Å². The number of nitro benzene ring substituents is 1. The quantitative estimate of drug-likeness (QED) is 0.353. The van der Waals surface area contributed by atoms with Crippen molar-refractivity contribution in [2.45, 2.75) is 24.7 Å². The third-order valence-electron chi connectivity index (χ3n) is 7.13. The van der Waals surface area contributed by atoms with Gasteiger partial charge < -0.3 is 0 Å². The Labute approximate surface area is 178 Å². The molecule has 1 fully saturated rings. The molecule has 2 amide bonds. The van der Waals surface area contributed by atoms with Crippen molar-refractivity contribution >= 4 is 23.2 Å².